The zero-order valence-corrected chi connectivity index (χ0v) is 16.9. The van der Waals surface area contributed by atoms with E-state index in [9.17, 15) is 18.0 Å². The van der Waals surface area contributed by atoms with E-state index in [4.69, 9.17) is 4.74 Å². The van der Waals surface area contributed by atoms with Crippen molar-refractivity contribution in [2.75, 3.05) is 17.6 Å². The Morgan fingerprint density at radius 1 is 1.07 bits per heavy atom. The van der Waals surface area contributed by atoms with Crippen molar-refractivity contribution < 1.29 is 22.7 Å². The van der Waals surface area contributed by atoms with Crippen molar-refractivity contribution in [1.82, 2.24) is 5.32 Å². The van der Waals surface area contributed by atoms with Crippen LogP contribution < -0.4 is 10.0 Å². The van der Waals surface area contributed by atoms with Gasteiger partial charge in [-0.2, -0.15) is 0 Å². The summed E-state index contributed by atoms with van der Waals surface area (Å²) in [6.07, 6.45) is 1.67. The molecule has 0 aliphatic heterocycles. The molecular formula is C20H24N2O5S. The monoisotopic (exact) mass is 404 g/mol. The third kappa shape index (κ3) is 6.38. The van der Waals surface area contributed by atoms with E-state index < -0.39 is 28.5 Å². The van der Waals surface area contributed by atoms with Crippen molar-refractivity contribution in [3.8, 4) is 0 Å². The van der Waals surface area contributed by atoms with E-state index in [2.05, 4.69) is 10.0 Å². The molecule has 2 N–H and O–H groups in total. The van der Waals surface area contributed by atoms with Gasteiger partial charge in [-0.1, -0.05) is 48.9 Å². The average Bonchev–Trinajstić information content (AvgIpc) is 2.64. The first-order valence-electron chi connectivity index (χ1n) is 8.79. The van der Waals surface area contributed by atoms with Gasteiger partial charge in [0, 0.05) is 0 Å². The molecule has 0 spiro atoms. The number of anilines is 1. The van der Waals surface area contributed by atoms with E-state index in [0.29, 0.717) is 6.42 Å². The van der Waals surface area contributed by atoms with Gasteiger partial charge < -0.3 is 10.1 Å². The number of para-hydroxylation sites is 1. The molecular weight excluding hydrogens is 380 g/mol. The second-order valence-corrected chi connectivity index (χ2v) is 8.18. The Hall–Kier alpha value is -2.87. The fourth-order valence-corrected chi connectivity index (χ4v) is 3.19. The van der Waals surface area contributed by atoms with Crippen LogP contribution in [0.3, 0.4) is 0 Å². The minimum atomic E-state index is -3.55. The predicted molar refractivity (Wildman–Crippen MR) is 108 cm³/mol. The van der Waals surface area contributed by atoms with Crippen LogP contribution in [0.15, 0.2) is 48.5 Å². The summed E-state index contributed by atoms with van der Waals surface area (Å²) in [5.41, 5.74) is 2.23. The summed E-state index contributed by atoms with van der Waals surface area (Å²) in [6, 6.07) is 13.7. The van der Waals surface area contributed by atoms with E-state index in [1.165, 1.54) is 12.1 Å². The summed E-state index contributed by atoms with van der Waals surface area (Å²) in [6.45, 7) is 3.47. The van der Waals surface area contributed by atoms with Crippen LogP contribution in [0.25, 0.3) is 0 Å². The number of carbonyl (C=O) groups is 2. The highest BCUT2D eigenvalue weighted by Crippen LogP contribution is 2.18. The van der Waals surface area contributed by atoms with Gasteiger partial charge in [-0.05, 0) is 31.0 Å². The molecule has 1 atom stereocenters. The highest BCUT2D eigenvalue weighted by Gasteiger charge is 2.18. The first-order valence-corrected chi connectivity index (χ1v) is 10.7. The van der Waals surface area contributed by atoms with Gasteiger partial charge in [0.2, 0.25) is 10.0 Å². The first kappa shape index (κ1) is 21.4. The highest BCUT2D eigenvalue weighted by atomic mass is 32.2. The number of sulfonamides is 1. The Morgan fingerprint density at radius 3 is 2.32 bits per heavy atom. The SMILES string of the molecule is CC[C@@H](NC(=O)COC(=O)c1ccccc1NS(C)(=O)=O)c1ccc(C)cc1. The lowest BCUT2D eigenvalue weighted by Crippen LogP contribution is -2.32. The number of ether oxygens (including phenoxy) is 1. The van der Waals surface area contributed by atoms with Gasteiger partial charge >= 0.3 is 5.97 Å². The summed E-state index contributed by atoms with van der Waals surface area (Å²) in [5.74, 6) is -1.22. The molecule has 0 heterocycles. The minimum Gasteiger partial charge on any atom is -0.452 e. The van der Waals surface area contributed by atoms with Gasteiger partial charge in [0.1, 0.15) is 0 Å². The molecule has 0 aliphatic rings. The fraction of sp³-hybridized carbons (Fsp3) is 0.300. The molecule has 150 valence electrons. The molecule has 2 rings (SSSR count). The average molecular weight is 404 g/mol. The van der Waals surface area contributed by atoms with Crippen LogP contribution in [-0.2, 0) is 19.6 Å². The number of hydrogen-bond donors (Lipinski definition) is 2. The number of nitrogens with one attached hydrogen (secondary N) is 2. The summed E-state index contributed by atoms with van der Waals surface area (Å²) < 4.78 is 30.2. The van der Waals surface area contributed by atoms with E-state index in [0.717, 1.165) is 17.4 Å². The van der Waals surface area contributed by atoms with Crippen molar-refractivity contribution in [3.05, 3.63) is 65.2 Å². The number of rotatable bonds is 8. The van der Waals surface area contributed by atoms with Gasteiger partial charge in [0.15, 0.2) is 6.61 Å². The first-order chi connectivity index (χ1) is 13.2. The predicted octanol–water partition coefficient (Wildman–Crippen LogP) is 2.79. The van der Waals surface area contributed by atoms with Crippen molar-refractivity contribution in [3.63, 3.8) is 0 Å². The van der Waals surface area contributed by atoms with Gasteiger partial charge in [0.05, 0.1) is 23.5 Å². The Bertz CT molecular complexity index is 939. The zero-order chi connectivity index (χ0) is 20.7. The van der Waals surface area contributed by atoms with Crippen molar-refractivity contribution >= 4 is 27.6 Å². The molecule has 28 heavy (non-hydrogen) atoms. The maximum Gasteiger partial charge on any atom is 0.340 e. The standard InChI is InChI=1S/C20H24N2O5S/c1-4-17(15-11-9-14(2)10-12-15)21-19(23)13-27-20(24)16-7-5-6-8-18(16)22-28(3,25)26/h5-12,17,22H,4,13H2,1-3H3,(H,21,23)/t17-/m1/s1. The Kier molecular flexibility index (Phi) is 7.17. The quantitative estimate of drug-likeness (QED) is 0.659. The minimum absolute atomic E-state index is 0.0336. The highest BCUT2D eigenvalue weighted by molar-refractivity contribution is 7.92. The fourth-order valence-electron chi connectivity index (χ4n) is 2.61. The van der Waals surface area contributed by atoms with E-state index in [-0.39, 0.29) is 17.3 Å². The molecule has 0 aromatic heterocycles. The second-order valence-electron chi connectivity index (χ2n) is 6.43. The summed E-state index contributed by atoms with van der Waals surface area (Å²) >= 11 is 0. The molecule has 0 saturated carbocycles. The van der Waals surface area contributed by atoms with E-state index >= 15 is 0 Å². The van der Waals surface area contributed by atoms with Gasteiger partial charge in [-0.15, -0.1) is 0 Å². The third-order valence-corrected chi connectivity index (χ3v) is 4.59. The van der Waals surface area contributed by atoms with Crippen LogP contribution in [0.1, 0.15) is 40.9 Å². The molecule has 0 bridgehead atoms. The van der Waals surface area contributed by atoms with Crippen LogP contribution in [-0.4, -0.2) is 33.2 Å². The molecule has 0 saturated heterocycles. The van der Waals surface area contributed by atoms with Crippen LogP contribution in [0, 0.1) is 6.92 Å². The topological polar surface area (TPSA) is 102 Å². The Labute approximate surface area is 165 Å². The van der Waals surface area contributed by atoms with Gasteiger partial charge in [0.25, 0.3) is 5.91 Å². The summed E-state index contributed by atoms with van der Waals surface area (Å²) in [7, 11) is -3.55. The Balaban J connectivity index is 1.99. The van der Waals surface area contributed by atoms with Crippen molar-refractivity contribution in [2.24, 2.45) is 0 Å². The number of hydrogen-bond acceptors (Lipinski definition) is 5. The molecule has 0 fully saturated rings. The van der Waals surface area contributed by atoms with Crippen LogP contribution in [0.2, 0.25) is 0 Å². The summed E-state index contributed by atoms with van der Waals surface area (Å²) in [5, 5.41) is 2.83. The van der Waals surface area contributed by atoms with Crippen molar-refractivity contribution in [1.29, 1.82) is 0 Å². The van der Waals surface area contributed by atoms with Crippen LogP contribution >= 0.6 is 0 Å². The second kappa shape index (κ2) is 9.36. The number of aryl methyl sites for hydroxylation is 1. The molecule has 0 unspecified atom stereocenters. The van der Waals surface area contributed by atoms with Crippen molar-refractivity contribution in [2.45, 2.75) is 26.3 Å². The molecule has 0 radical (unpaired) electrons. The van der Waals surface area contributed by atoms with Crippen LogP contribution in [0.4, 0.5) is 5.69 Å². The lowest BCUT2D eigenvalue weighted by atomic mass is 10.0. The molecule has 2 aromatic carbocycles. The number of carbonyl (C=O) groups excluding carboxylic acids is 2. The normalized spacial score (nSPS) is 12.1. The summed E-state index contributed by atoms with van der Waals surface area (Å²) in [4.78, 5) is 24.5. The maximum absolute atomic E-state index is 12.3. The third-order valence-electron chi connectivity index (χ3n) is 4.00. The number of benzene rings is 2. The van der Waals surface area contributed by atoms with E-state index in [1.807, 2.05) is 38.1 Å². The molecule has 8 heteroatoms. The smallest absolute Gasteiger partial charge is 0.340 e. The number of esters is 1. The van der Waals surface area contributed by atoms with E-state index in [1.54, 1.807) is 12.1 Å². The van der Waals surface area contributed by atoms with Gasteiger partial charge in [-0.25, -0.2) is 13.2 Å². The lowest BCUT2D eigenvalue weighted by Gasteiger charge is -2.18. The van der Waals surface area contributed by atoms with Gasteiger partial charge in [-0.3, -0.25) is 9.52 Å². The molecule has 0 aliphatic carbocycles. The van der Waals surface area contributed by atoms with Crippen LogP contribution in [0.5, 0.6) is 0 Å². The maximum atomic E-state index is 12.3. The zero-order valence-electron chi connectivity index (χ0n) is 16.1. The largest absolute Gasteiger partial charge is 0.452 e. The molecule has 2 aromatic rings. The Morgan fingerprint density at radius 2 is 1.71 bits per heavy atom. The number of amides is 1. The lowest BCUT2D eigenvalue weighted by molar-refractivity contribution is -0.125. The molecule has 1 amide bonds. The molecule has 7 nitrogen and oxygen atoms in total.